The number of methoxy groups -OCH3 is 1. The minimum atomic E-state index is 0.361. The van der Waals surface area contributed by atoms with Gasteiger partial charge in [-0.2, -0.15) is 0 Å². The van der Waals surface area contributed by atoms with Crippen molar-refractivity contribution in [1.82, 2.24) is 5.32 Å². The molecule has 1 heterocycles. The molecule has 0 radical (unpaired) electrons. The summed E-state index contributed by atoms with van der Waals surface area (Å²) in [5.41, 5.74) is 1.80. The van der Waals surface area contributed by atoms with Gasteiger partial charge in [0.05, 0.1) is 7.11 Å². The molecule has 0 unspecified atom stereocenters. The Hall–Kier alpha value is -1.02. The molecule has 0 aromatic heterocycles. The first-order chi connectivity index (χ1) is 7.80. The normalized spacial score (nSPS) is 19.4. The standard InChI is InChI=1S/C14H21NO/c1-3-14(7-9-15-10-8-14)12-5-4-6-13(11-12)16-2/h4-6,11,15H,3,7-10H2,1-2H3. The third-order valence-electron chi connectivity index (χ3n) is 3.92. The van der Waals surface area contributed by atoms with Crippen molar-refractivity contribution in [2.45, 2.75) is 31.6 Å². The molecule has 0 bridgehead atoms. The fraction of sp³-hybridized carbons (Fsp3) is 0.571. The molecular weight excluding hydrogens is 198 g/mol. The Morgan fingerprint density at radius 3 is 2.69 bits per heavy atom. The van der Waals surface area contributed by atoms with Gasteiger partial charge in [-0.1, -0.05) is 19.1 Å². The number of hydrogen-bond acceptors (Lipinski definition) is 2. The van der Waals surface area contributed by atoms with Crippen LogP contribution in [-0.4, -0.2) is 20.2 Å². The maximum absolute atomic E-state index is 5.32. The monoisotopic (exact) mass is 219 g/mol. The molecule has 16 heavy (non-hydrogen) atoms. The molecule has 1 saturated heterocycles. The van der Waals surface area contributed by atoms with Crippen molar-refractivity contribution in [3.05, 3.63) is 29.8 Å². The van der Waals surface area contributed by atoms with Gasteiger partial charge in [-0.15, -0.1) is 0 Å². The van der Waals surface area contributed by atoms with Crippen molar-refractivity contribution in [3.63, 3.8) is 0 Å². The van der Waals surface area contributed by atoms with Gasteiger partial charge in [0, 0.05) is 0 Å². The van der Waals surface area contributed by atoms with Crippen LogP contribution in [-0.2, 0) is 5.41 Å². The second-order valence-corrected chi connectivity index (χ2v) is 4.62. The van der Waals surface area contributed by atoms with Crippen LogP contribution in [0.5, 0.6) is 5.75 Å². The Balaban J connectivity index is 2.31. The molecule has 0 aliphatic carbocycles. The quantitative estimate of drug-likeness (QED) is 0.844. The van der Waals surface area contributed by atoms with Crippen LogP contribution in [0, 0.1) is 0 Å². The molecule has 88 valence electrons. The molecule has 0 atom stereocenters. The van der Waals surface area contributed by atoms with Gasteiger partial charge in [0.15, 0.2) is 0 Å². The van der Waals surface area contributed by atoms with E-state index in [1.807, 2.05) is 6.07 Å². The molecule has 0 spiro atoms. The number of ether oxygens (including phenoxy) is 1. The fourth-order valence-corrected chi connectivity index (χ4v) is 2.70. The number of hydrogen-bond donors (Lipinski definition) is 1. The third kappa shape index (κ3) is 2.07. The molecule has 1 aromatic rings. The smallest absolute Gasteiger partial charge is 0.119 e. The summed E-state index contributed by atoms with van der Waals surface area (Å²) in [6.07, 6.45) is 3.68. The second kappa shape index (κ2) is 4.88. The molecular formula is C14H21NO. The van der Waals surface area contributed by atoms with Crippen molar-refractivity contribution in [2.75, 3.05) is 20.2 Å². The maximum atomic E-state index is 5.32. The Morgan fingerprint density at radius 2 is 2.06 bits per heavy atom. The van der Waals surface area contributed by atoms with Gasteiger partial charge in [-0.05, 0) is 55.5 Å². The van der Waals surface area contributed by atoms with Crippen LogP contribution in [0.15, 0.2) is 24.3 Å². The summed E-state index contributed by atoms with van der Waals surface area (Å²) >= 11 is 0. The lowest BCUT2D eigenvalue weighted by Gasteiger charge is -2.37. The molecule has 0 saturated carbocycles. The van der Waals surface area contributed by atoms with E-state index in [0.717, 1.165) is 18.8 Å². The minimum absolute atomic E-state index is 0.361. The van der Waals surface area contributed by atoms with E-state index in [-0.39, 0.29) is 0 Å². The van der Waals surface area contributed by atoms with Crippen LogP contribution < -0.4 is 10.1 Å². The van der Waals surface area contributed by atoms with Gasteiger partial charge < -0.3 is 10.1 Å². The molecule has 1 aliphatic rings. The number of nitrogens with one attached hydrogen (secondary N) is 1. The van der Waals surface area contributed by atoms with E-state index >= 15 is 0 Å². The highest BCUT2D eigenvalue weighted by atomic mass is 16.5. The topological polar surface area (TPSA) is 21.3 Å². The number of benzene rings is 1. The fourth-order valence-electron chi connectivity index (χ4n) is 2.70. The summed E-state index contributed by atoms with van der Waals surface area (Å²) in [6.45, 7) is 4.56. The van der Waals surface area contributed by atoms with Gasteiger partial charge in [-0.3, -0.25) is 0 Å². The lowest BCUT2D eigenvalue weighted by atomic mass is 9.71. The molecule has 2 heteroatoms. The summed E-state index contributed by atoms with van der Waals surface area (Å²) in [5.74, 6) is 0.976. The van der Waals surface area contributed by atoms with E-state index in [2.05, 4.69) is 30.4 Å². The highest BCUT2D eigenvalue weighted by molar-refractivity contribution is 5.34. The van der Waals surface area contributed by atoms with E-state index < -0.39 is 0 Å². The number of piperidine rings is 1. The summed E-state index contributed by atoms with van der Waals surface area (Å²) in [7, 11) is 1.74. The highest BCUT2D eigenvalue weighted by Gasteiger charge is 2.31. The lowest BCUT2D eigenvalue weighted by molar-refractivity contribution is 0.296. The largest absolute Gasteiger partial charge is 0.497 e. The van der Waals surface area contributed by atoms with Crippen molar-refractivity contribution in [1.29, 1.82) is 0 Å². The third-order valence-corrected chi connectivity index (χ3v) is 3.92. The van der Waals surface area contributed by atoms with E-state index in [4.69, 9.17) is 4.74 Å². The molecule has 2 rings (SSSR count). The van der Waals surface area contributed by atoms with Crippen molar-refractivity contribution < 1.29 is 4.74 Å². The van der Waals surface area contributed by atoms with Crippen LogP contribution in [0.2, 0.25) is 0 Å². The molecule has 1 fully saturated rings. The van der Waals surface area contributed by atoms with Crippen LogP contribution >= 0.6 is 0 Å². The number of rotatable bonds is 3. The lowest BCUT2D eigenvalue weighted by Crippen LogP contribution is -2.39. The molecule has 1 aliphatic heterocycles. The van der Waals surface area contributed by atoms with Crippen molar-refractivity contribution in [2.24, 2.45) is 0 Å². The first kappa shape index (κ1) is 11.5. The maximum Gasteiger partial charge on any atom is 0.119 e. The molecule has 1 aromatic carbocycles. The van der Waals surface area contributed by atoms with E-state index in [1.165, 1.54) is 24.8 Å². The Labute approximate surface area is 98.0 Å². The molecule has 0 amide bonds. The Bertz CT molecular complexity index is 342. The van der Waals surface area contributed by atoms with Gasteiger partial charge in [0.25, 0.3) is 0 Å². The predicted octanol–water partition coefficient (Wildman–Crippen LogP) is 2.73. The van der Waals surface area contributed by atoms with Gasteiger partial charge in [0.1, 0.15) is 5.75 Å². The molecule has 1 N–H and O–H groups in total. The summed E-state index contributed by atoms with van der Waals surface area (Å²) < 4.78 is 5.32. The van der Waals surface area contributed by atoms with Crippen LogP contribution in [0.4, 0.5) is 0 Å². The Morgan fingerprint density at radius 1 is 1.31 bits per heavy atom. The average Bonchev–Trinajstić information content (AvgIpc) is 2.39. The zero-order chi connectivity index (χ0) is 11.4. The molecule has 2 nitrogen and oxygen atoms in total. The van der Waals surface area contributed by atoms with E-state index in [9.17, 15) is 0 Å². The summed E-state index contributed by atoms with van der Waals surface area (Å²) in [5, 5.41) is 3.44. The van der Waals surface area contributed by atoms with Crippen LogP contribution in [0.1, 0.15) is 31.7 Å². The van der Waals surface area contributed by atoms with Crippen LogP contribution in [0.3, 0.4) is 0 Å². The van der Waals surface area contributed by atoms with E-state index in [0.29, 0.717) is 5.41 Å². The van der Waals surface area contributed by atoms with E-state index in [1.54, 1.807) is 7.11 Å². The summed E-state index contributed by atoms with van der Waals surface area (Å²) in [6, 6.07) is 8.58. The van der Waals surface area contributed by atoms with Crippen molar-refractivity contribution in [3.8, 4) is 5.75 Å². The first-order valence-corrected chi connectivity index (χ1v) is 6.16. The summed E-state index contributed by atoms with van der Waals surface area (Å²) in [4.78, 5) is 0. The van der Waals surface area contributed by atoms with Crippen molar-refractivity contribution >= 4 is 0 Å². The zero-order valence-corrected chi connectivity index (χ0v) is 10.3. The average molecular weight is 219 g/mol. The predicted molar refractivity (Wildman–Crippen MR) is 67.1 cm³/mol. The second-order valence-electron chi connectivity index (χ2n) is 4.62. The zero-order valence-electron chi connectivity index (χ0n) is 10.3. The van der Waals surface area contributed by atoms with Gasteiger partial charge in [0.2, 0.25) is 0 Å². The Kier molecular flexibility index (Phi) is 3.49. The first-order valence-electron chi connectivity index (χ1n) is 6.16. The van der Waals surface area contributed by atoms with Gasteiger partial charge in [-0.25, -0.2) is 0 Å². The minimum Gasteiger partial charge on any atom is -0.497 e. The highest BCUT2D eigenvalue weighted by Crippen LogP contribution is 2.37. The SMILES string of the molecule is CCC1(c2cccc(OC)c2)CCNCC1. The van der Waals surface area contributed by atoms with Crippen LogP contribution in [0.25, 0.3) is 0 Å². The van der Waals surface area contributed by atoms with Gasteiger partial charge >= 0.3 is 0 Å².